The van der Waals surface area contributed by atoms with Gasteiger partial charge in [0.05, 0.1) is 11.4 Å². The standard InChI is InChI=1S/C33H23N3/c1-3-10-24(11-4-1)31-22-32(36-33(35-31)25-12-5-2-6-13-25)29-17-8-15-27(21-29)26-14-7-16-28(20-26)30-18-9-19-34-23-30/h1-23H. The zero-order chi connectivity index (χ0) is 24.2. The monoisotopic (exact) mass is 461 g/mol. The number of rotatable bonds is 5. The fraction of sp³-hybridized carbons (Fsp3) is 0. The average Bonchev–Trinajstić information content (AvgIpc) is 2.98. The normalized spacial score (nSPS) is 10.8. The Bertz CT molecular complexity index is 1550. The Morgan fingerprint density at radius 2 is 0.861 bits per heavy atom. The third-order valence-corrected chi connectivity index (χ3v) is 6.18. The van der Waals surface area contributed by atoms with Gasteiger partial charge in [-0.1, -0.05) is 103 Å². The van der Waals surface area contributed by atoms with E-state index in [1.807, 2.05) is 60.8 Å². The minimum Gasteiger partial charge on any atom is -0.264 e. The van der Waals surface area contributed by atoms with Crippen LogP contribution in [0, 0.1) is 0 Å². The first kappa shape index (κ1) is 21.6. The Hall–Kier alpha value is -4.89. The van der Waals surface area contributed by atoms with Crippen LogP contribution in [0.2, 0.25) is 0 Å². The van der Waals surface area contributed by atoms with Gasteiger partial charge in [-0.05, 0) is 41.0 Å². The molecule has 0 saturated carbocycles. The fourth-order valence-electron chi connectivity index (χ4n) is 4.34. The van der Waals surface area contributed by atoms with Crippen LogP contribution in [0.25, 0.3) is 56.2 Å². The molecule has 2 aromatic heterocycles. The molecule has 2 heterocycles. The summed E-state index contributed by atoms with van der Waals surface area (Å²) in [5.74, 6) is 0.718. The van der Waals surface area contributed by atoms with Crippen LogP contribution in [-0.4, -0.2) is 15.0 Å². The molecule has 3 heteroatoms. The van der Waals surface area contributed by atoms with Crippen LogP contribution >= 0.6 is 0 Å². The van der Waals surface area contributed by atoms with Crippen LogP contribution in [0.5, 0.6) is 0 Å². The second-order valence-electron chi connectivity index (χ2n) is 8.60. The van der Waals surface area contributed by atoms with E-state index >= 15 is 0 Å². The molecule has 6 aromatic rings. The lowest BCUT2D eigenvalue weighted by Gasteiger charge is -2.11. The minimum absolute atomic E-state index is 0.718. The maximum atomic E-state index is 4.98. The molecule has 0 aliphatic carbocycles. The topological polar surface area (TPSA) is 38.7 Å². The summed E-state index contributed by atoms with van der Waals surface area (Å²) in [6.07, 6.45) is 3.69. The third kappa shape index (κ3) is 4.55. The number of aromatic nitrogens is 3. The van der Waals surface area contributed by atoms with E-state index in [2.05, 4.69) is 77.8 Å². The van der Waals surface area contributed by atoms with Crippen molar-refractivity contribution < 1.29 is 0 Å². The Balaban J connectivity index is 1.45. The molecule has 0 aliphatic heterocycles. The Morgan fingerprint density at radius 3 is 1.50 bits per heavy atom. The number of hydrogen-bond donors (Lipinski definition) is 0. The molecule has 3 nitrogen and oxygen atoms in total. The molecular weight excluding hydrogens is 438 g/mol. The van der Waals surface area contributed by atoms with Gasteiger partial charge in [-0.15, -0.1) is 0 Å². The summed E-state index contributed by atoms with van der Waals surface area (Å²) in [5, 5.41) is 0. The highest BCUT2D eigenvalue weighted by Gasteiger charge is 2.11. The largest absolute Gasteiger partial charge is 0.264 e. The van der Waals surface area contributed by atoms with Gasteiger partial charge in [0.2, 0.25) is 0 Å². The molecule has 170 valence electrons. The first-order chi connectivity index (χ1) is 17.8. The number of pyridine rings is 1. The SMILES string of the molecule is c1ccc(-c2cc(-c3cccc(-c4cccc(-c5cccnc5)c4)c3)nc(-c3ccccc3)n2)cc1. The van der Waals surface area contributed by atoms with E-state index in [0.29, 0.717) is 0 Å². The van der Waals surface area contributed by atoms with E-state index in [0.717, 1.165) is 56.2 Å². The predicted octanol–water partition coefficient (Wildman–Crippen LogP) is 8.21. The van der Waals surface area contributed by atoms with Gasteiger partial charge in [-0.2, -0.15) is 0 Å². The molecule has 0 saturated heterocycles. The molecule has 0 N–H and O–H groups in total. The van der Waals surface area contributed by atoms with Gasteiger partial charge in [0, 0.05) is 34.6 Å². The van der Waals surface area contributed by atoms with Crippen molar-refractivity contribution in [3.8, 4) is 56.2 Å². The molecule has 0 unspecified atom stereocenters. The van der Waals surface area contributed by atoms with Crippen LogP contribution in [0.1, 0.15) is 0 Å². The summed E-state index contributed by atoms with van der Waals surface area (Å²) in [7, 11) is 0. The van der Waals surface area contributed by atoms with Crippen LogP contribution in [0.3, 0.4) is 0 Å². The van der Waals surface area contributed by atoms with E-state index in [1.54, 1.807) is 6.20 Å². The van der Waals surface area contributed by atoms with E-state index in [1.165, 1.54) is 0 Å². The Morgan fingerprint density at radius 1 is 0.361 bits per heavy atom. The lowest BCUT2D eigenvalue weighted by molar-refractivity contribution is 1.18. The third-order valence-electron chi connectivity index (χ3n) is 6.18. The van der Waals surface area contributed by atoms with Crippen molar-refractivity contribution in [3.63, 3.8) is 0 Å². The summed E-state index contributed by atoms with van der Waals surface area (Å²) < 4.78 is 0. The van der Waals surface area contributed by atoms with Crippen molar-refractivity contribution >= 4 is 0 Å². The number of hydrogen-bond acceptors (Lipinski definition) is 3. The van der Waals surface area contributed by atoms with Crippen LogP contribution in [0.4, 0.5) is 0 Å². The van der Waals surface area contributed by atoms with Crippen molar-refractivity contribution in [1.29, 1.82) is 0 Å². The van der Waals surface area contributed by atoms with Gasteiger partial charge in [0.25, 0.3) is 0 Å². The Kier molecular flexibility index (Phi) is 5.87. The van der Waals surface area contributed by atoms with E-state index < -0.39 is 0 Å². The molecule has 4 aromatic carbocycles. The summed E-state index contributed by atoms with van der Waals surface area (Å²) >= 11 is 0. The maximum Gasteiger partial charge on any atom is 0.160 e. The zero-order valence-electron chi connectivity index (χ0n) is 19.6. The molecule has 0 radical (unpaired) electrons. The molecule has 0 aliphatic rings. The first-order valence-electron chi connectivity index (χ1n) is 11.9. The summed E-state index contributed by atoms with van der Waals surface area (Å²) in [4.78, 5) is 14.2. The lowest BCUT2D eigenvalue weighted by Crippen LogP contribution is -1.96. The maximum absolute atomic E-state index is 4.98. The van der Waals surface area contributed by atoms with Crippen molar-refractivity contribution in [2.45, 2.75) is 0 Å². The van der Waals surface area contributed by atoms with E-state index in [9.17, 15) is 0 Å². The second kappa shape index (κ2) is 9.77. The summed E-state index contributed by atoms with van der Waals surface area (Å²) in [6, 6.07) is 43.6. The van der Waals surface area contributed by atoms with E-state index in [4.69, 9.17) is 9.97 Å². The molecular formula is C33H23N3. The number of benzene rings is 4. The van der Waals surface area contributed by atoms with Gasteiger partial charge < -0.3 is 0 Å². The highest BCUT2D eigenvalue weighted by molar-refractivity contribution is 5.78. The number of nitrogens with zero attached hydrogens (tertiary/aromatic N) is 3. The smallest absolute Gasteiger partial charge is 0.160 e. The molecule has 0 spiro atoms. The summed E-state index contributed by atoms with van der Waals surface area (Å²) in [6.45, 7) is 0. The van der Waals surface area contributed by atoms with Crippen molar-refractivity contribution in [3.05, 3.63) is 140 Å². The molecule has 0 atom stereocenters. The Labute approximate surface area is 210 Å². The van der Waals surface area contributed by atoms with E-state index in [-0.39, 0.29) is 0 Å². The van der Waals surface area contributed by atoms with Gasteiger partial charge in [0.1, 0.15) is 0 Å². The van der Waals surface area contributed by atoms with Gasteiger partial charge in [0.15, 0.2) is 5.82 Å². The molecule has 36 heavy (non-hydrogen) atoms. The van der Waals surface area contributed by atoms with Gasteiger partial charge in [-0.25, -0.2) is 9.97 Å². The second-order valence-corrected chi connectivity index (χ2v) is 8.60. The predicted molar refractivity (Wildman–Crippen MR) is 147 cm³/mol. The van der Waals surface area contributed by atoms with Crippen molar-refractivity contribution in [2.75, 3.05) is 0 Å². The minimum atomic E-state index is 0.718. The fourth-order valence-corrected chi connectivity index (χ4v) is 4.34. The first-order valence-corrected chi connectivity index (χ1v) is 11.9. The van der Waals surface area contributed by atoms with Crippen molar-refractivity contribution in [2.24, 2.45) is 0 Å². The molecule has 6 rings (SSSR count). The van der Waals surface area contributed by atoms with Crippen LogP contribution < -0.4 is 0 Å². The van der Waals surface area contributed by atoms with Gasteiger partial charge >= 0.3 is 0 Å². The highest BCUT2D eigenvalue weighted by atomic mass is 14.9. The summed E-state index contributed by atoms with van der Waals surface area (Å²) in [5.41, 5.74) is 9.46. The van der Waals surface area contributed by atoms with Crippen LogP contribution in [-0.2, 0) is 0 Å². The van der Waals surface area contributed by atoms with Crippen LogP contribution in [0.15, 0.2) is 140 Å². The molecule has 0 amide bonds. The highest BCUT2D eigenvalue weighted by Crippen LogP contribution is 2.31. The average molecular weight is 462 g/mol. The van der Waals surface area contributed by atoms with Crippen molar-refractivity contribution in [1.82, 2.24) is 15.0 Å². The molecule has 0 fully saturated rings. The quantitative estimate of drug-likeness (QED) is 0.260. The zero-order valence-corrected chi connectivity index (χ0v) is 19.6. The lowest BCUT2D eigenvalue weighted by atomic mass is 9.97. The van der Waals surface area contributed by atoms with Gasteiger partial charge in [-0.3, -0.25) is 4.98 Å². The molecule has 0 bridgehead atoms.